The second kappa shape index (κ2) is 22.1. The number of rotatable bonds is 12. The summed E-state index contributed by atoms with van der Waals surface area (Å²) in [5, 5.41) is 3.49. The van der Waals surface area contributed by atoms with Crippen LogP contribution in [-0.4, -0.2) is 18.5 Å². The molecule has 41 heavy (non-hydrogen) atoms. The van der Waals surface area contributed by atoms with Crippen LogP contribution in [0.25, 0.3) is 0 Å². The smallest absolute Gasteiger partial charge is 0.131 e. The van der Waals surface area contributed by atoms with E-state index in [-0.39, 0.29) is 0 Å². The predicted molar refractivity (Wildman–Crippen MR) is 185 cm³/mol. The molecule has 2 rings (SSSR count). The van der Waals surface area contributed by atoms with Gasteiger partial charge in [-0.25, -0.2) is 4.39 Å². The molecule has 0 atom stereocenters. The van der Waals surface area contributed by atoms with Crippen LogP contribution in [0.3, 0.4) is 0 Å². The van der Waals surface area contributed by atoms with E-state index >= 15 is 0 Å². The highest BCUT2D eigenvalue weighted by molar-refractivity contribution is 8.04. The number of allylic oxidation sites excluding steroid dienone is 7. The molecule has 0 spiro atoms. The van der Waals surface area contributed by atoms with Crippen LogP contribution in [0.1, 0.15) is 72.1 Å². The maximum atomic E-state index is 13.3. The van der Waals surface area contributed by atoms with E-state index in [2.05, 4.69) is 53.3 Å². The minimum atomic E-state index is -0.443. The molecule has 0 radical (unpaired) electrons. The molecule has 6 heteroatoms. The Morgan fingerprint density at radius 2 is 1.63 bits per heavy atom. The quantitative estimate of drug-likeness (QED) is 0.114. The van der Waals surface area contributed by atoms with Crippen molar-refractivity contribution in [3.8, 4) is 0 Å². The third-order valence-electron chi connectivity index (χ3n) is 5.43. The number of nitrogens with zero attached hydrogens (tertiary/aromatic N) is 2. The molecule has 0 aliphatic heterocycles. The fourth-order valence-electron chi connectivity index (χ4n) is 3.19. The number of halogens is 1. The van der Waals surface area contributed by atoms with Crippen molar-refractivity contribution in [2.75, 3.05) is 11.3 Å². The van der Waals surface area contributed by atoms with Gasteiger partial charge in [-0.3, -0.25) is 9.98 Å². The molecule has 222 valence electrons. The van der Waals surface area contributed by atoms with Gasteiger partial charge in [0.15, 0.2) is 0 Å². The van der Waals surface area contributed by atoms with Gasteiger partial charge in [-0.2, -0.15) is 0 Å². The molecule has 2 N–H and O–H groups in total. The third kappa shape index (κ3) is 15.1. The summed E-state index contributed by atoms with van der Waals surface area (Å²) in [6.45, 7) is 26.0. The summed E-state index contributed by atoms with van der Waals surface area (Å²) in [5.41, 5.74) is 8.21. The molecule has 2 aromatic rings. The van der Waals surface area contributed by atoms with Crippen molar-refractivity contribution in [3.05, 3.63) is 124 Å². The SMILES string of the molecule is C=C(F)/C(=C\C)SNc1ccc(CN/C(C)=C/C(=N/C(C)=C(\C)C=NCC)c2ccccc2C)cc1.C=CC.CC. The number of benzene rings is 2. The van der Waals surface area contributed by atoms with Gasteiger partial charge < -0.3 is 10.0 Å². The lowest BCUT2D eigenvalue weighted by Gasteiger charge is -2.12. The molecule has 0 fully saturated rings. The van der Waals surface area contributed by atoms with E-state index in [1.807, 2.05) is 91.1 Å². The number of aliphatic imine (C=N–C) groups is 2. The van der Waals surface area contributed by atoms with Crippen molar-refractivity contribution in [1.29, 1.82) is 0 Å². The molecule has 0 aromatic heterocycles. The van der Waals surface area contributed by atoms with Gasteiger partial charge in [-0.05, 0) is 95.3 Å². The zero-order valence-corrected chi connectivity index (χ0v) is 27.3. The van der Waals surface area contributed by atoms with Crippen molar-refractivity contribution >= 4 is 29.6 Å². The first-order valence-corrected chi connectivity index (χ1v) is 14.8. The van der Waals surface area contributed by atoms with E-state index < -0.39 is 5.83 Å². The summed E-state index contributed by atoms with van der Waals surface area (Å²) < 4.78 is 16.5. The van der Waals surface area contributed by atoms with Gasteiger partial charge in [0.1, 0.15) is 5.83 Å². The highest BCUT2D eigenvalue weighted by Gasteiger charge is 2.07. The Bertz CT molecular complexity index is 1240. The number of nitrogens with one attached hydrogen (secondary N) is 2. The monoisotopic (exact) mass is 576 g/mol. The molecule has 4 nitrogen and oxygen atoms in total. The first-order chi connectivity index (χ1) is 19.7. The Labute approximate surface area is 253 Å². The van der Waals surface area contributed by atoms with Crippen LogP contribution in [0, 0.1) is 6.92 Å². The summed E-state index contributed by atoms with van der Waals surface area (Å²) in [7, 11) is 0. The predicted octanol–water partition coefficient (Wildman–Crippen LogP) is 10.5. The molecular weight excluding hydrogens is 527 g/mol. The van der Waals surface area contributed by atoms with Gasteiger partial charge in [0.05, 0.1) is 10.6 Å². The van der Waals surface area contributed by atoms with E-state index in [4.69, 9.17) is 4.99 Å². The summed E-state index contributed by atoms with van der Waals surface area (Å²) in [5.74, 6) is -0.443. The number of anilines is 1. The van der Waals surface area contributed by atoms with Crippen LogP contribution in [-0.2, 0) is 6.54 Å². The zero-order chi connectivity index (χ0) is 31.2. The number of aryl methyl sites for hydroxylation is 1. The molecule has 0 amide bonds. The van der Waals surface area contributed by atoms with Crippen molar-refractivity contribution in [1.82, 2.24) is 5.32 Å². The van der Waals surface area contributed by atoms with Crippen LogP contribution in [0.4, 0.5) is 10.1 Å². The Balaban J connectivity index is 0.00000299. The van der Waals surface area contributed by atoms with Gasteiger partial charge >= 0.3 is 0 Å². The van der Waals surface area contributed by atoms with Crippen LogP contribution in [0.2, 0.25) is 0 Å². The highest BCUT2D eigenvalue weighted by Crippen LogP contribution is 2.25. The van der Waals surface area contributed by atoms with Crippen LogP contribution in [0.5, 0.6) is 0 Å². The maximum absolute atomic E-state index is 13.3. The molecule has 0 aliphatic carbocycles. The molecular formula is C35H49FN4S. The third-order valence-corrected chi connectivity index (χ3v) is 6.45. The van der Waals surface area contributed by atoms with Crippen LogP contribution in [0.15, 0.2) is 118 Å². The normalized spacial score (nSPS) is 12.4. The van der Waals surface area contributed by atoms with E-state index in [9.17, 15) is 4.39 Å². The van der Waals surface area contributed by atoms with Crippen LogP contribution >= 0.6 is 11.9 Å². The zero-order valence-electron chi connectivity index (χ0n) is 26.4. The lowest BCUT2D eigenvalue weighted by molar-refractivity contribution is 0.667. The average Bonchev–Trinajstić information content (AvgIpc) is 2.97. The van der Waals surface area contributed by atoms with Crippen molar-refractivity contribution in [2.45, 2.75) is 68.9 Å². The van der Waals surface area contributed by atoms with Gasteiger partial charge in [-0.15, -0.1) is 6.58 Å². The molecule has 0 heterocycles. The fraction of sp³-hybridized carbons (Fsp3) is 0.314. The molecule has 0 unspecified atom stereocenters. The second-order valence-electron chi connectivity index (χ2n) is 8.76. The summed E-state index contributed by atoms with van der Waals surface area (Å²) in [4.78, 5) is 9.78. The minimum Gasteiger partial charge on any atom is -0.384 e. The Hall–Kier alpha value is -3.64. The van der Waals surface area contributed by atoms with Gasteiger partial charge in [0, 0.05) is 41.9 Å². The topological polar surface area (TPSA) is 48.8 Å². The molecule has 0 bridgehead atoms. The van der Waals surface area contributed by atoms with E-state index in [0.717, 1.165) is 46.0 Å². The summed E-state index contributed by atoms with van der Waals surface area (Å²) in [6.07, 6.45) is 7.41. The second-order valence-corrected chi connectivity index (χ2v) is 9.60. The molecule has 0 saturated carbocycles. The van der Waals surface area contributed by atoms with E-state index in [1.54, 1.807) is 19.1 Å². The lowest BCUT2D eigenvalue weighted by atomic mass is 10.0. The lowest BCUT2D eigenvalue weighted by Crippen LogP contribution is -2.13. The minimum absolute atomic E-state index is 0.443. The Morgan fingerprint density at radius 3 is 2.17 bits per heavy atom. The van der Waals surface area contributed by atoms with E-state index in [0.29, 0.717) is 11.4 Å². The van der Waals surface area contributed by atoms with Gasteiger partial charge in [0.2, 0.25) is 0 Å². The molecule has 0 aliphatic rings. The van der Waals surface area contributed by atoms with Crippen molar-refractivity contribution in [3.63, 3.8) is 0 Å². The highest BCUT2D eigenvalue weighted by atomic mass is 32.2. The Morgan fingerprint density at radius 1 is 1.02 bits per heavy atom. The van der Waals surface area contributed by atoms with Gasteiger partial charge in [0.25, 0.3) is 0 Å². The molecule has 0 saturated heterocycles. The van der Waals surface area contributed by atoms with Crippen molar-refractivity contribution < 1.29 is 4.39 Å². The Kier molecular flexibility index (Phi) is 20.1. The average molecular weight is 577 g/mol. The number of hydrogen-bond acceptors (Lipinski definition) is 5. The summed E-state index contributed by atoms with van der Waals surface area (Å²) in [6, 6.07) is 16.3. The largest absolute Gasteiger partial charge is 0.384 e. The van der Waals surface area contributed by atoms with Crippen LogP contribution < -0.4 is 10.0 Å². The first-order valence-electron chi connectivity index (χ1n) is 14.0. The van der Waals surface area contributed by atoms with Gasteiger partial charge in [-0.1, -0.05) is 69.0 Å². The fourth-order valence-corrected chi connectivity index (χ4v) is 3.79. The first kappa shape index (κ1) is 37.4. The molecule has 2 aromatic carbocycles. The number of hydrogen-bond donors (Lipinski definition) is 2. The standard InChI is InChI=1S/C30H37FN4S.C3H6.C2H6/c1-8-30(24(6)31)36-35-27-16-14-26(15-17-27)20-33-23(5)18-29(28-13-11-10-12-21(28)3)34-25(7)22(4)19-32-9-2;1-3-2;1-2/h8,10-19,33,35H,6,9,20H2,1-5,7H3;3H,1H2,2H3;1-2H3/b23-18+,25-22+,30-8+,32-19?,34-29-;;. The van der Waals surface area contributed by atoms with Crippen molar-refractivity contribution in [2.24, 2.45) is 9.98 Å². The van der Waals surface area contributed by atoms with E-state index in [1.165, 1.54) is 17.5 Å². The maximum Gasteiger partial charge on any atom is 0.131 e. The summed E-state index contributed by atoms with van der Waals surface area (Å²) >= 11 is 1.21.